The third-order valence-electron chi connectivity index (χ3n) is 6.81. The standard InChI is InChI=1S/C21H22ClN7S.C4H6O4/c22-17-15(5-8-25-19(17)24)30-16-12-26-20(28-27-16)29-9-6-21(7-10-29)11-13-3-1-2-4-14(13)18(21)23;5-3(6)1-2-4(7)8/h1-5,8,12,18H,6-7,9-11,23H2,(H2,24,25);1-2H2,(H,5,6)(H,7,8)/t18-;/m1./s1. The monoisotopic (exact) mass is 557 g/mol. The van der Waals surface area contributed by atoms with Crippen molar-refractivity contribution in [1.29, 1.82) is 0 Å². The number of halogens is 1. The maximum atomic E-state index is 9.64. The summed E-state index contributed by atoms with van der Waals surface area (Å²) in [4.78, 5) is 30.8. The number of pyridine rings is 1. The lowest BCUT2D eigenvalue weighted by molar-refractivity contribution is -0.143. The van der Waals surface area contributed by atoms with Crippen LogP contribution in [0.25, 0.3) is 0 Å². The zero-order valence-corrected chi connectivity index (χ0v) is 22.0. The van der Waals surface area contributed by atoms with Crippen LogP contribution in [0, 0.1) is 5.41 Å². The number of fused-ring (bicyclic) bond motifs is 1. The molecule has 1 fully saturated rings. The first kappa shape index (κ1) is 27.6. The molecule has 3 aromatic rings. The van der Waals surface area contributed by atoms with E-state index < -0.39 is 11.9 Å². The highest BCUT2D eigenvalue weighted by atomic mass is 35.5. The van der Waals surface area contributed by atoms with Gasteiger partial charge < -0.3 is 26.6 Å². The van der Waals surface area contributed by atoms with E-state index in [2.05, 4.69) is 49.3 Å². The third-order valence-corrected chi connectivity index (χ3v) is 8.28. The SMILES string of the molecule is Nc1nccc(Sc2cnc(N3CCC4(CC3)Cc3ccccc3[C@H]4N)nn2)c1Cl.O=C(O)CCC(=O)O. The Labute approximate surface area is 228 Å². The lowest BCUT2D eigenvalue weighted by Gasteiger charge is -2.42. The molecule has 0 unspecified atom stereocenters. The number of hydrogen-bond acceptors (Lipinski definition) is 10. The number of rotatable bonds is 6. The number of piperidine rings is 1. The molecule has 3 heterocycles. The second kappa shape index (κ2) is 11.9. The Bertz CT molecular complexity index is 1290. The Balaban J connectivity index is 0.000000368. The van der Waals surface area contributed by atoms with Gasteiger partial charge in [0.15, 0.2) is 0 Å². The third kappa shape index (κ3) is 6.32. The largest absolute Gasteiger partial charge is 0.481 e. The average molecular weight is 558 g/mol. The van der Waals surface area contributed by atoms with Gasteiger partial charge in [-0.05, 0) is 41.9 Å². The maximum absolute atomic E-state index is 9.64. The molecule has 1 atom stereocenters. The Kier molecular flexibility index (Phi) is 8.65. The van der Waals surface area contributed by atoms with Crippen LogP contribution in [0.15, 0.2) is 52.6 Å². The first-order valence-corrected chi connectivity index (χ1v) is 13.2. The summed E-state index contributed by atoms with van der Waals surface area (Å²) in [6.45, 7) is 1.76. The summed E-state index contributed by atoms with van der Waals surface area (Å²) < 4.78 is 0. The van der Waals surface area contributed by atoms with E-state index in [0.29, 0.717) is 21.8 Å². The lowest BCUT2D eigenvalue weighted by Crippen LogP contribution is -2.45. The highest BCUT2D eigenvalue weighted by Crippen LogP contribution is 2.50. The molecule has 0 bridgehead atoms. The van der Waals surface area contributed by atoms with Crippen LogP contribution in [0.2, 0.25) is 5.02 Å². The number of nitrogens with zero attached hydrogens (tertiary/aromatic N) is 5. The number of hydrogen-bond donors (Lipinski definition) is 4. The highest BCUT2D eigenvalue weighted by molar-refractivity contribution is 7.99. The Morgan fingerprint density at radius 1 is 1.08 bits per heavy atom. The maximum Gasteiger partial charge on any atom is 0.303 e. The summed E-state index contributed by atoms with van der Waals surface area (Å²) in [6, 6.07) is 10.5. The molecule has 2 aliphatic rings. The van der Waals surface area contributed by atoms with Gasteiger partial charge in [0, 0.05) is 30.2 Å². The van der Waals surface area contributed by atoms with Gasteiger partial charge in [-0.1, -0.05) is 47.6 Å². The van der Waals surface area contributed by atoms with E-state index in [-0.39, 0.29) is 24.3 Å². The van der Waals surface area contributed by atoms with Gasteiger partial charge in [-0.3, -0.25) is 9.59 Å². The number of anilines is 2. The molecular weight excluding hydrogens is 530 g/mol. The average Bonchev–Trinajstić information content (AvgIpc) is 3.18. The van der Waals surface area contributed by atoms with Crippen LogP contribution >= 0.6 is 23.4 Å². The van der Waals surface area contributed by atoms with E-state index in [1.807, 2.05) is 0 Å². The van der Waals surface area contributed by atoms with Gasteiger partial charge in [0.2, 0.25) is 5.95 Å². The van der Waals surface area contributed by atoms with Gasteiger partial charge >= 0.3 is 11.9 Å². The fraction of sp³-hybridized carbons (Fsp3) is 0.360. The van der Waals surface area contributed by atoms with Crippen molar-refractivity contribution in [2.75, 3.05) is 23.7 Å². The molecule has 0 saturated carbocycles. The molecular formula is C25H28ClN7O4S. The summed E-state index contributed by atoms with van der Waals surface area (Å²) in [6.07, 6.45) is 5.85. The van der Waals surface area contributed by atoms with Crippen molar-refractivity contribution in [3.8, 4) is 0 Å². The number of carboxylic acids is 2. The predicted molar refractivity (Wildman–Crippen MR) is 143 cm³/mol. The van der Waals surface area contributed by atoms with Crippen LogP contribution in [0.5, 0.6) is 0 Å². The van der Waals surface area contributed by atoms with Gasteiger partial charge in [0.25, 0.3) is 0 Å². The van der Waals surface area contributed by atoms with Crippen molar-refractivity contribution in [2.24, 2.45) is 11.1 Å². The van der Waals surface area contributed by atoms with E-state index in [1.165, 1.54) is 22.9 Å². The number of nitrogens with two attached hydrogens (primary N) is 2. The van der Waals surface area contributed by atoms with Gasteiger partial charge in [-0.2, -0.15) is 0 Å². The summed E-state index contributed by atoms with van der Waals surface area (Å²) in [7, 11) is 0. The zero-order valence-electron chi connectivity index (χ0n) is 20.5. The van der Waals surface area contributed by atoms with Crippen LogP contribution in [0.3, 0.4) is 0 Å². The minimum Gasteiger partial charge on any atom is -0.481 e. The number of carbonyl (C=O) groups is 2. The van der Waals surface area contributed by atoms with E-state index in [1.54, 1.807) is 18.5 Å². The summed E-state index contributed by atoms with van der Waals surface area (Å²) in [5.41, 5.74) is 15.3. The quantitative estimate of drug-likeness (QED) is 0.347. The first-order chi connectivity index (χ1) is 18.2. The molecule has 0 radical (unpaired) electrons. The molecule has 2 aromatic heterocycles. The number of benzene rings is 1. The first-order valence-electron chi connectivity index (χ1n) is 12.0. The van der Waals surface area contributed by atoms with Crippen LogP contribution in [-0.4, -0.2) is 55.4 Å². The second-order valence-electron chi connectivity index (χ2n) is 9.20. The van der Waals surface area contributed by atoms with Crippen LogP contribution in [-0.2, 0) is 16.0 Å². The molecule has 0 amide bonds. The number of nitrogen functional groups attached to an aromatic ring is 1. The van der Waals surface area contributed by atoms with E-state index in [4.69, 9.17) is 33.3 Å². The zero-order chi connectivity index (χ0) is 27.3. The van der Waals surface area contributed by atoms with Crippen molar-refractivity contribution in [3.05, 3.63) is 58.9 Å². The molecule has 11 nitrogen and oxygen atoms in total. The van der Waals surface area contributed by atoms with E-state index >= 15 is 0 Å². The van der Waals surface area contributed by atoms with Crippen molar-refractivity contribution >= 4 is 47.1 Å². The fourth-order valence-corrected chi connectivity index (χ4v) is 5.72. The van der Waals surface area contributed by atoms with Gasteiger partial charge in [0.1, 0.15) is 10.8 Å². The number of carboxylic acid groups (broad SMARTS) is 2. The summed E-state index contributed by atoms with van der Waals surface area (Å²) in [5.74, 6) is -1.20. The van der Waals surface area contributed by atoms with Crippen LogP contribution in [0.4, 0.5) is 11.8 Å². The molecule has 200 valence electrons. The van der Waals surface area contributed by atoms with Crippen molar-refractivity contribution in [1.82, 2.24) is 20.2 Å². The molecule has 1 saturated heterocycles. The van der Waals surface area contributed by atoms with Crippen LogP contribution < -0.4 is 16.4 Å². The van der Waals surface area contributed by atoms with Crippen molar-refractivity contribution < 1.29 is 19.8 Å². The molecule has 6 N–H and O–H groups in total. The van der Waals surface area contributed by atoms with E-state index in [0.717, 1.165) is 37.2 Å². The predicted octanol–water partition coefficient (Wildman–Crippen LogP) is 3.43. The molecule has 1 aliphatic carbocycles. The number of aromatic nitrogens is 4. The molecule has 13 heteroatoms. The van der Waals surface area contributed by atoms with Gasteiger partial charge in [0.05, 0.1) is 24.1 Å². The van der Waals surface area contributed by atoms with E-state index in [9.17, 15) is 9.59 Å². The Morgan fingerprint density at radius 2 is 1.76 bits per heavy atom. The molecule has 5 rings (SSSR count). The molecule has 1 aromatic carbocycles. The normalized spacial score (nSPS) is 17.4. The summed E-state index contributed by atoms with van der Waals surface area (Å²) >= 11 is 7.57. The van der Waals surface area contributed by atoms with Gasteiger partial charge in [-0.15, -0.1) is 10.2 Å². The highest BCUT2D eigenvalue weighted by Gasteiger charge is 2.46. The smallest absolute Gasteiger partial charge is 0.303 e. The number of aliphatic carboxylic acids is 2. The summed E-state index contributed by atoms with van der Waals surface area (Å²) in [5, 5.41) is 25.5. The molecule has 1 spiro atoms. The lowest BCUT2D eigenvalue weighted by atomic mass is 9.73. The van der Waals surface area contributed by atoms with Gasteiger partial charge in [-0.25, -0.2) is 9.97 Å². The minimum atomic E-state index is -1.08. The molecule has 1 aliphatic heterocycles. The Hall–Kier alpha value is -3.48. The van der Waals surface area contributed by atoms with Crippen LogP contribution in [0.1, 0.15) is 42.9 Å². The fourth-order valence-electron chi connectivity index (χ4n) is 4.75. The minimum absolute atomic E-state index is 0.103. The second-order valence-corrected chi connectivity index (χ2v) is 10.6. The van der Waals surface area contributed by atoms with Crippen molar-refractivity contribution in [3.63, 3.8) is 0 Å². The van der Waals surface area contributed by atoms with Crippen molar-refractivity contribution in [2.45, 2.75) is 48.1 Å². The topological polar surface area (TPSA) is 181 Å². The Morgan fingerprint density at radius 3 is 2.37 bits per heavy atom. The molecule has 38 heavy (non-hydrogen) atoms.